The van der Waals surface area contributed by atoms with Crippen LogP contribution in [0.15, 0.2) is 66.9 Å². The molecule has 0 spiro atoms. The maximum atomic E-state index is 14.2. The molecule has 0 bridgehead atoms. The molecule has 7 heteroatoms. The zero-order chi connectivity index (χ0) is 22.0. The molecule has 0 aliphatic carbocycles. The highest BCUT2D eigenvalue weighted by molar-refractivity contribution is 6.30. The van der Waals surface area contributed by atoms with Gasteiger partial charge in [0.05, 0.1) is 45.6 Å². The van der Waals surface area contributed by atoms with E-state index in [1.165, 1.54) is 12.1 Å². The lowest BCUT2D eigenvalue weighted by molar-refractivity contribution is 0.0942. The Hall–Kier alpha value is -3.82. The number of carbonyl (C=O) groups is 1. The van der Waals surface area contributed by atoms with Gasteiger partial charge in [0.2, 0.25) is 0 Å². The van der Waals surface area contributed by atoms with Gasteiger partial charge in [0.25, 0.3) is 5.91 Å². The van der Waals surface area contributed by atoms with Gasteiger partial charge in [-0.1, -0.05) is 29.8 Å². The SMILES string of the molecule is Cc1cc(C(=O)N[C@@H](c2ccc(Cl)c(F)c2)c2cnc3ccccc3n2)ccc1C#N. The molecule has 0 radical (unpaired) electrons. The van der Waals surface area contributed by atoms with Crippen LogP contribution >= 0.6 is 11.6 Å². The quantitative estimate of drug-likeness (QED) is 0.487. The molecule has 31 heavy (non-hydrogen) atoms. The molecule has 4 rings (SSSR count). The summed E-state index contributed by atoms with van der Waals surface area (Å²) in [5, 5.41) is 12.0. The van der Waals surface area contributed by atoms with Gasteiger partial charge in [-0.15, -0.1) is 0 Å². The molecule has 1 heterocycles. The Kier molecular flexibility index (Phi) is 5.61. The Morgan fingerprint density at radius 2 is 1.90 bits per heavy atom. The van der Waals surface area contributed by atoms with Crippen molar-refractivity contribution in [1.29, 1.82) is 5.26 Å². The van der Waals surface area contributed by atoms with Crippen molar-refractivity contribution in [2.75, 3.05) is 0 Å². The number of fused-ring (bicyclic) bond motifs is 1. The summed E-state index contributed by atoms with van der Waals surface area (Å²) in [5.74, 6) is -0.982. The van der Waals surface area contributed by atoms with E-state index in [-0.39, 0.29) is 10.9 Å². The number of amides is 1. The van der Waals surface area contributed by atoms with Crippen molar-refractivity contribution in [2.24, 2.45) is 0 Å². The van der Waals surface area contributed by atoms with E-state index >= 15 is 0 Å². The fourth-order valence-electron chi connectivity index (χ4n) is 3.28. The topological polar surface area (TPSA) is 78.7 Å². The average molecular weight is 431 g/mol. The van der Waals surface area contributed by atoms with E-state index < -0.39 is 11.9 Å². The Labute approximate surface area is 183 Å². The Morgan fingerprint density at radius 3 is 2.61 bits per heavy atom. The van der Waals surface area contributed by atoms with Crippen molar-refractivity contribution in [2.45, 2.75) is 13.0 Å². The minimum Gasteiger partial charge on any atom is -0.339 e. The summed E-state index contributed by atoms with van der Waals surface area (Å²) < 4.78 is 14.2. The van der Waals surface area contributed by atoms with E-state index in [0.29, 0.717) is 39.0 Å². The van der Waals surface area contributed by atoms with Gasteiger partial charge in [-0.05, 0) is 60.5 Å². The van der Waals surface area contributed by atoms with Gasteiger partial charge >= 0.3 is 0 Å². The Balaban J connectivity index is 1.76. The zero-order valence-corrected chi connectivity index (χ0v) is 17.2. The second-order valence-corrected chi connectivity index (χ2v) is 7.41. The van der Waals surface area contributed by atoms with Crippen LogP contribution in [-0.2, 0) is 0 Å². The first kappa shape index (κ1) is 20.5. The summed E-state index contributed by atoms with van der Waals surface area (Å²) in [6.45, 7) is 1.76. The van der Waals surface area contributed by atoms with Gasteiger partial charge in [0, 0.05) is 5.56 Å². The number of hydrogen-bond donors (Lipinski definition) is 1. The largest absolute Gasteiger partial charge is 0.339 e. The van der Waals surface area contributed by atoms with Crippen molar-refractivity contribution in [3.63, 3.8) is 0 Å². The summed E-state index contributed by atoms with van der Waals surface area (Å²) in [6.07, 6.45) is 1.56. The van der Waals surface area contributed by atoms with Crippen molar-refractivity contribution >= 4 is 28.5 Å². The molecule has 0 saturated carbocycles. The Bertz CT molecular complexity index is 1350. The lowest BCUT2D eigenvalue weighted by atomic mass is 10.0. The number of hydrogen-bond acceptors (Lipinski definition) is 4. The van der Waals surface area contributed by atoms with Gasteiger partial charge in [-0.3, -0.25) is 9.78 Å². The second-order valence-electron chi connectivity index (χ2n) is 7.01. The lowest BCUT2D eigenvalue weighted by Gasteiger charge is -2.20. The second kappa shape index (κ2) is 8.50. The summed E-state index contributed by atoms with van der Waals surface area (Å²) in [6, 6.07) is 17.8. The van der Waals surface area contributed by atoms with Crippen LogP contribution in [-0.4, -0.2) is 15.9 Å². The van der Waals surface area contributed by atoms with Crippen LogP contribution in [0.5, 0.6) is 0 Å². The maximum absolute atomic E-state index is 14.2. The number of rotatable bonds is 4. The van der Waals surface area contributed by atoms with Gasteiger partial charge in [-0.25, -0.2) is 9.37 Å². The number of aromatic nitrogens is 2. The lowest BCUT2D eigenvalue weighted by Crippen LogP contribution is -2.30. The number of aryl methyl sites for hydroxylation is 1. The predicted molar refractivity (Wildman–Crippen MR) is 116 cm³/mol. The number of nitrogens with zero attached hydrogens (tertiary/aromatic N) is 3. The fraction of sp³-hybridized carbons (Fsp3) is 0.0833. The molecule has 4 aromatic rings. The van der Waals surface area contributed by atoms with Crippen LogP contribution in [0.4, 0.5) is 4.39 Å². The van der Waals surface area contributed by atoms with Gasteiger partial charge in [0.1, 0.15) is 5.82 Å². The summed E-state index contributed by atoms with van der Waals surface area (Å²) in [5.41, 5.74) is 3.86. The van der Waals surface area contributed by atoms with Crippen molar-refractivity contribution in [3.8, 4) is 6.07 Å². The molecule has 152 valence electrons. The number of nitrogens with one attached hydrogen (secondary N) is 1. The van der Waals surface area contributed by atoms with E-state index in [9.17, 15) is 9.18 Å². The number of halogens is 2. The molecule has 1 atom stereocenters. The molecular formula is C24H16ClFN4O. The minimum absolute atomic E-state index is 0.0128. The number of benzene rings is 3. The van der Waals surface area contributed by atoms with Crippen LogP contribution in [0.2, 0.25) is 5.02 Å². The molecule has 0 aliphatic rings. The maximum Gasteiger partial charge on any atom is 0.252 e. The summed E-state index contributed by atoms with van der Waals surface area (Å²) >= 11 is 5.84. The number of nitriles is 1. The third-order valence-electron chi connectivity index (χ3n) is 4.92. The summed E-state index contributed by atoms with van der Waals surface area (Å²) in [7, 11) is 0. The first-order valence-electron chi connectivity index (χ1n) is 9.44. The highest BCUT2D eigenvalue weighted by Crippen LogP contribution is 2.26. The molecule has 0 saturated heterocycles. The van der Waals surface area contributed by atoms with Crippen LogP contribution in [0.1, 0.15) is 38.8 Å². The summed E-state index contributed by atoms with van der Waals surface area (Å²) in [4.78, 5) is 22.0. The third kappa shape index (κ3) is 4.23. The van der Waals surface area contributed by atoms with Crippen LogP contribution < -0.4 is 5.32 Å². The molecule has 0 aliphatic heterocycles. The van der Waals surface area contributed by atoms with Gasteiger partial charge < -0.3 is 5.32 Å². The highest BCUT2D eigenvalue weighted by atomic mass is 35.5. The van der Waals surface area contributed by atoms with Crippen molar-refractivity contribution in [3.05, 3.63) is 106 Å². The molecule has 5 nitrogen and oxygen atoms in total. The van der Waals surface area contributed by atoms with Crippen LogP contribution in [0, 0.1) is 24.1 Å². The standard InChI is InChI=1S/C24H16ClFN4O/c1-14-10-16(6-7-17(14)12-27)24(31)30-23(15-8-9-18(25)19(26)11-15)22-13-28-20-4-2-3-5-21(20)29-22/h2-11,13,23H,1H3,(H,30,31)/t23-/m0/s1. The van der Waals surface area contributed by atoms with E-state index in [1.807, 2.05) is 24.3 Å². The monoisotopic (exact) mass is 430 g/mol. The normalized spacial score (nSPS) is 11.7. The fourth-order valence-corrected chi connectivity index (χ4v) is 3.39. The first-order chi connectivity index (χ1) is 15.0. The minimum atomic E-state index is -0.757. The van der Waals surface area contributed by atoms with Gasteiger partial charge in [0.15, 0.2) is 0 Å². The van der Waals surface area contributed by atoms with Crippen LogP contribution in [0.25, 0.3) is 11.0 Å². The van der Waals surface area contributed by atoms with Crippen molar-refractivity contribution in [1.82, 2.24) is 15.3 Å². The molecule has 0 fully saturated rings. The smallest absolute Gasteiger partial charge is 0.252 e. The predicted octanol–water partition coefficient (Wildman–Crippen LogP) is 5.12. The Morgan fingerprint density at radius 1 is 1.13 bits per heavy atom. The van der Waals surface area contributed by atoms with E-state index in [0.717, 1.165) is 0 Å². The molecule has 3 aromatic carbocycles. The molecule has 1 N–H and O–H groups in total. The molecule has 0 unspecified atom stereocenters. The molecule has 1 amide bonds. The van der Waals surface area contributed by atoms with E-state index in [4.69, 9.17) is 16.9 Å². The van der Waals surface area contributed by atoms with Crippen molar-refractivity contribution < 1.29 is 9.18 Å². The molecular weight excluding hydrogens is 415 g/mol. The number of carbonyl (C=O) groups excluding carboxylic acids is 1. The van der Waals surface area contributed by atoms with Gasteiger partial charge in [-0.2, -0.15) is 5.26 Å². The zero-order valence-electron chi connectivity index (χ0n) is 16.4. The number of para-hydroxylation sites is 2. The first-order valence-corrected chi connectivity index (χ1v) is 9.82. The van der Waals surface area contributed by atoms with E-state index in [2.05, 4.69) is 21.4 Å². The average Bonchev–Trinajstić information content (AvgIpc) is 2.79. The highest BCUT2D eigenvalue weighted by Gasteiger charge is 2.21. The van der Waals surface area contributed by atoms with E-state index in [1.54, 1.807) is 37.4 Å². The third-order valence-corrected chi connectivity index (χ3v) is 5.23. The molecule has 1 aromatic heterocycles. The van der Waals surface area contributed by atoms with Crippen LogP contribution in [0.3, 0.4) is 0 Å².